The van der Waals surface area contributed by atoms with E-state index in [-0.39, 0.29) is 18.3 Å². The summed E-state index contributed by atoms with van der Waals surface area (Å²) in [6, 6.07) is 12.4. The summed E-state index contributed by atoms with van der Waals surface area (Å²) >= 11 is 0. The number of hydrogen-bond donors (Lipinski definition) is 1. The fraction of sp³-hybridized carbons (Fsp3) is 0.471. The van der Waals surface area contributed by atoms with E-state index in [1.54, 1.807) is 0 Å². The van der Waals surface area contributed by atoms with Crippen LogP contribution in [0.5, 0.6) is 0 Å². The first-order chi connectivity index (χ1) is 10.1. The summed E-state index contributed by atoms with van der Waals surface area (Å²) in [7, 11) is 0. The topological polar surface area (TPSA) is 45.6 Å². The molecular formula is C17H22N2O2. The molecule has 1 fully saturated rings. The summed E-state index contributed by atoms with van der Waals surface area (Å²) in [6.07, 6.45) is -0.116. The maximum absolute atomic E-state index is 9.38. The molecule has 1 aromatic heterocycles. The van der Waals surface area contributed by atoms with E-state index < -0.39 is 0 Å². The largest absolute Gasteiger partial charge is 0.394 e. The van der Waals surface area contributed by atoms with Crippen molar-refractivity contribution in [3.05, 3.63) is 42.1 Å². The van der Waals surface area contributed by atoms with Crippen LogP contribution in [0, 0.1) is 0 Å². The predicted octanol–water partition coefficient (Wildman–Crippen LogP) is 2.21. The first kappa shape index (κ1) is 14.4. The summed E-state index contributed by atoms with van der Waals surface area (Å²) in [6.45, 7) is 6.57. The number of fused-ring (bicyclic) bond motifs is 1. The molecule has 1 N–H and O–H groups in total. The molecule has 0 saturated carbocycles. The molecule has 4 heteroatoms. The summed E-state index contributed by atoms with van der Waals surface area (Å²) in [4.78, 5) is 7.03. The number of benzene rings is 1. The van der Waals surface area contributed by atoms with Crippen LogP contribution in [0.3, 0.4) is 0 Å². The van der Waals surface area contributed by atoms with Crippen molar-refractivity contribution in [1.29, 1.82) is 0 Å². The van der Waals surface area contributed by atoms with Crippen LogP contribution in [-0.2, 0) is 11.3 Å². The molecule has 1 saturated heterocycles. The lowest BCUT2D eigenvalue weighted by atomic mass is 10.0. The number of aliphatic hydroxyl groups is 1. The molecule has 2 aromatic rings. The summed E-state index contributed by atoms with van der Waals surface area (Å²) in [5.74, 6) is 0. The van der Waals surface area contributed by atoms with Crippen molar-refractivity contribution in [1.82, 2.24) is 9.88 Å². The quantitative estimate of drug-likeness (QED) is 0.939. The Morgan fingerprint density at radius 3 is 2.90 bits per heavy atom. The highest BCUT2D eigenvalue weighted by atomic mass is 16.5. The summed E-state index contributed by atoms with van der Waals surface area (Å²) in [5.41, 5.74) is 1.85. The molecule has 4 nitrogen and oxygen atoms in total. The number of ether oxygens (including phenoxy) is 1. The second-order valence-electron chi connectivity index (χ2n) is 6.35. The fourth-order valence-electron chi connectivity index (χ4n) is 3.06. The highest BCUT2D eigenvalue weighted by Crippen LogP contribution is 2.22. The van der Waals surface area contributed by atoms with E-state index >= 15 is 0 Å². The summed E-state index contributed by atoms with van der Waals surface area (Å²) in [5, 5.41) is 10.5. The van der Waals surface area contributed by atoms with Gasteiger partial charge in [0.05, 0.1) is 29.5 Å². The molecule has 0 radical (unpaired) electrons. The van der Waals surface area contributed by atoms with Gasteiger partial charge in [0, 0.05) is 25.0 Å². The van der Waals surface area contributed by atoms with Crippen molar-refractivity contribution in [2.45, 2.75) is 32.1 Å². The standard InChI is InChI=1S/C17H22N2O2/c1-17(2)12-19(10-15(11-20)21-17)9-14-8-7-13-5-3-4-6-16(13)18-14/h3-8,15,20H,9-12H2,1-2H3. The minimum absolute atomic E-state index is 0.0606. The molecule has 21 heavy (non-hydrogen) atoms. The number of morpholine rings is 1. The second kappa shape index (κ2) is 5.72. The summed E-state index contributed by atoms with van der Waals surface area (Å²) < 4.78 is 5.85. The molecule has 1 unspecified atom stereocenters. The van der Waals surface area contributed by atoms with Gasteiger partial charge >= 0.3 is 0 Å². The molecule has 1 aliphatic heterocycles. The van der Waals surface area contributed by atoms with E-state index in [2.05, 4.69) is 36.9 Å². The Labute approximate surface area is 125 Å². The highest BCUT2D eigenvalue weighted by Gasteiger charge is 2.33. The maximum atomic E-state index is 9.38. The third-order valence-electron chi connectivity index (χ3n) is 3.80. The minimum atomic E-state index is -0.234. The zero-order chi connectivity index (χ0) is 14.9. The van der Waals surface area contributed by atoms with E-state index in [1.165, 1.54) is 0 Å². The number of para-hydroxylation sites is 1. The zero-order valence-electron chi connectivity index (χ0n) is 12.6. The third kappa shape index (κ3) is 3.40. The second-order valence-corrected chi connectivity index (χ2v) is 6.35. The average molecular weight is 286 g/mol. The van der Waals surface area contributed by atoms with Crippen LogP contribution in [0.25, 0.3) is 10.9 Å². The van der Waals surface area contributed by atoms with Gasteiger partial charge in [0.2, 0.25) is 0 Å². The van der Waals surface area contributed by atoms with Gasteiger partial charge in [-0.1, -0.05) is 24.3 Å². The van der Waals surface area contributed by atoms with Crippen LogP contribution in [0.15, 0.2) is 36.4 Å². The minimum Gasteiger partial charge on any atom is -0.394 e. The van der Waals surface area contributed by atoms with Gasteiger partial charge in [0.1, 0.15) is 0 Å². The first-order valence-corrected chi connectivity index (χ1v) is 7.41. The normalized spacial score (nSPS) is 22.5. The SMILES string of the molecule is CC1(C)CN(Cc2ccc3ccccc3n2)CC(CO)O1. The Kier molecular flexibility index (Phi) is 3.93. The van der Waals surface area contributed by atoms with Crippen molar-refractivity contribution in [3.8, 4) is 0 Å². The van der Waals surface area contributed by atoms with Gasteiger partial charge in [0.25, 0.3) is 0 Å². The molecule has 1 aliphatic rings. The molecule has 1 atom stereocenters. The predicted molar refractivity (Wildman–Crippen MR) is 83.1 cm³/mol. The Balaban J connectivity index is 1.77. The Bertz CT molecular complexity index is 627. The van der Waals surface area contributed by atoms with Crippen molar-refractivity contribution in [3.63, 3.8) is 0 Å². The van der Waals surface area contributed by atoms with Crippen LogP contribution < -0.4 is 0 Å². The Hall–Kier alpha value is -1.49. The average Bonchev–Trinajstić information content (AvgIpc) is 2.45. The smallest absolute Gasteiger partial charge is 0.0940 e. The van der Waals surface area contributed by atoms with Crippen LogP contribution in [0.2, 0.25) is 0 Å². The third-order valence-corrected chi connectivity index (χ3v) is 3.80. The number of hydrogen-bond acceptors (Lipinski definition) is 4. The molecule has 112 valence electrons. The van der Waals surface area contributed by atoms with Gasteiger partial charge in [0.15, 0.2) is 0 Å². The Morgan fingerprint density at radius 1 is 1.29 bits per heavy atom. The van der Waals surface area contributed by atoms with Crippen molar-refractivity contribution >= 4 is 10.9 Å². The highest BCUT2D eigenvalue weighted by molar-refractivity contribution is 5.78. The van der Waals surface area contributed by atoms with E-state index in [1.807, 2.05) is 18.2 Å². The zero-order valence-corrected chi connectivity index (χ0v) is 12.6. The number of nitrogens with zero attached hydrogens (tertiary/aromatic N) is 2. The lowest BCUT2D eigenvalue weighted by Crippen LogP contribution is -2.53. The Morgan fingerprint density at radius 2 is 2.10 bits per heavy atom. The number of aromatic nitrogens is 1. The van der Waals surface area contributed by atoms with E-state index in [4.69, 9.17) is 9.72 Å². The van der Waals surface area contributed by atoms with Crippen molar-refractivity contribution < 1.29 is 9.84 Å². The first-order valence-electron chi connectivity index (χ1n) is 7.41. The molecule has 2 heterocycles. The van der Waals surface area contributed by atoms with Gasteiger partial charge in [-0.25, -0.2) is 0 Å². The molecule has 0 amide bonds. The molecular weight excluding hydrogens is 264 g/mol. The van der Waals surface area contributed by atoms with Crippen LogP contribution in [-0.4, -0.2) is 46.4 Å². The van der Waals surface area contributed by atoms with E-state index in [9.17, 15) is 5.11 Å². The molecule has 3 rings (SSSR count). The van der Waals surface area contributed by atoms with Crippen LogP contribution >= 0.6 is 0 Å². The van der Waals surface area contributed by atoms with Gasteiger partial charge in [-0.3, -0.25) is 9.88 Å². The monoisotopic (exact) mass is 286 g/mol. The fourth-order valence-corrected chi connectivity index (χ4v) is 3.06. The molecule has 0 aliphatic carbocycles. The van der Waals surface area contributed by atoms with Gasteiger partial charge in [-0.2, -0.15) is 0 Å². The molecule has 1 aromatic carbocycles. The van der Waals surface area contributed by atoms with Gasteiger partial charge < -0.3 is 9.84 Å². The number of pyridine rings is 1. The lowest BCUT2D eigenvalue weighted by molar-refractivity contribution is -0.150. The van der Waals surface area contributed by atoms with Gasteiger partial charge in [-0.05, 0) is 26.0 Å². The maximum Gasteiger partial charge on any atom is 0.0940 e. The van der Waals surface area contributed by atoms with Crippen LogP contribution in [0.1, 0.15) is 19.5 Å². The molecule has 0 bridgehead atoms. The van der Waals surface area contributed by atoms with Crippen LogP contribution in [0.4, 0.5) is 0 Å². The van der Waals surface area contributed by atoms with Gasteiger partial charge in [-0.15, -0.1) is 0 Å². The number of aliphatic hydroxyl groups excluding tert-OH is 1. The van der Waals surface area contributed by atoms with E-state index in [0.29, 0.717) is 0 Å². The molecule has 0 spiro atoms. The van der Waals surface area contributed by atoms with Crippen molar-refractivity contribution in [2.75, 3.05) is 19.7 Å². The lowest BCUT2D eigenvalue weighted by Gasteiger charge is -2.42. The number of rotatable bonds is 3. The van der Waals surface area contributed by atoms with E-state index in [0.717, 1.165) is 36.2 Å². The van der Waals surface area contributed by atoms with Crippen molar-refractivity contribution in [2.24, 2.45) is 0 Å².